The van der Waals surface area contributed by atoms with Crippen LogP contribution in [-0.2, 0) is 19.9 Å². The largest absolute Gasteiger partial charge is 0.243 e. The van der Waals surface area contributed by atoms with E-state index in [0.29, 0.717) is 28.6 Å². The predicted molar refractivity (Wildman–Crippen MR) is 113 cm³/mol. The summed E-state index contributed by atoms with van der Waals surface area (Å²) in [6, 6.07) is 15.1. The molecule has 0 radical (unpaired) electrons. The highest BCUT2D eigenvalue weighted by Crippen LogP contribution is 2.42. The number of sulfone groups is 1. The Balaban J connectivity index is 1.59. The normalized spacial score (nSPS) is 25.4. The molecule has 7 heteroatoms. The third-order valence-electron chi connectivity index (χ3n) is 6.26. The van der Waals surface area contributed by atoms with Crippen LogP contribution in [0.2, 0.25) is 0 Å². The molecule has 0 amide bonds. The topological polar surface area (TPSA) is 71.5 Å². The molecule has 4 rings (SSSR count). The molecule has 2 bridgehead atoms. The summed E-state index contributed by atoms with van der Waals surface area (Å²) < 4.78 is 54.4. The molecule has 2 fully saturated rings. The Morgan fingerprint density at radius 1 is 0.793 bits per heavy atom. The van der Waals surface area contributed by atoms with E-state index in [1.807, 2.05) is 12.1 Å². The number of hydrogen-bond acceptors (Lipinski definition) is 4. The van der Waals surface area contributed by atoms with Gasteiger partial charge in [-0.2, -0.15) is 4.31 Å². The van der Waals surface area contributed by atoms with E-state index >= 15 is 0 Å². The summed E-state index contributed by atoms with van der Waals surface area (Å²) in [4.78, 5) is 0.619. The molecule has 29 heavy (non-hydrogen) atoms. The third-order valence-corrected chi connectivity index (χ3v) is 10.5. The molecule has 2 aromatic carbocycles. The quantitative estimate of drug-likeness (QED) is 0.715. The van der Waals surface area contributed by atoms with E-state index in [1.54, 1.807) is 46.8 Å². The monoisotopic (exact) mass is 433 g/mol. The zero-order valence-corrected chi connectivity index (χ0v) is 18.4. The highest BCUT2D eigenvalue weighted by atomic mass is 32.2. The van der Waals surface area contributed by atoms with Crippen molar-refractivity contribution in [2.75, 3.05) is 0 Å². The smallest absolute Gasteiger partial charge is 0.223 e. The lowest BCUT2D eigenvalue weighted by atomic mass is 10.0. The number of sulfonamides is 1. The van der Waals surface area contributed by atoms with Gasteiger partial charge in [-0.05, 0) is 61.4 Å². The molecular formula is C22H27NO4S2. The molecule has 0 N–H and O–H groups in total. The lowest BCUT2D eigenvalue weighted by molar-refractivity contribution is 0.249. The number of piperidine rings is 1. The first-order valence-corrected chi connectivity index (χ1v) is 13.1. The molecule has 2 unspecified atom stereocenters. The molecule has 0 spiro atoms. The van der Waals surface area contributed by atoms with Crippen LogP contribution in [0, 0.1) is 0 Å². The number of hydrogen-bond donors (Lipinski definition) is 0. The molecule has 2 aliphatic heterocycles. The average Bonchev–Trinajstić information content (AvgIpc) is 2.99. The van der Waals surface area contributed by atoms with Crippen LogP contribution in [0.4, 0.5) is 0 Å². The van der Waals surface area contributed by atoms with Crippen LogP contribution in [-0.4, -0.2) is 38.5 Å². The summed E-state index contributed by atoms with van der Waals surface area (Å²) in [5.41, 5.74) is 1.10. The fourth-order valence-corrected chi connectivity index (χ4v) is 8.44. The summed E-state index contributed by atoms with van der Waals surface area (Å²) in [7, 11) is -7.09. The Labute approximate surface area is 173 Å². The van der Waals surface area contributed by atoms with Crippen molar-refractivity contribution in [3.63, 3.8) is 0 Å². The Morgan fingerprint density at radius 3 is 1.86 bits per heavy atom. The summed E-state index contributed by atoms with van der Waals surface area (Å²) >= 11 is 0. The second-order valence-electron chi connectivity index (χ2n) is 8.40. The van der Waals surface area contributed by atoms with Crippen molar-refractivity contribution < 1.29 is 16.8 Å². The van der Waals surface area contributed by atoms with Gasteiger partial charge >= 0.3 is 0 Å². The molecule has 2 saturated heterocycles. The van der Waals surface area contributed by atoms with Gasteiger partial charge in [-0.15, -0.1) is 0 Å². The summed E-state index contributed by atoms with van der Waals surface area (Å²) in [6.45, 7) is 4.14. The highest BCUT2D eigenvalue weighted by molar-refractivity contribution is 7.92. The minimum Gasteiger partial charge on any atom is -0.223 e. The fourth-order valence-electron chi connectivity index (χ4n) is 4.68. The SMILES string of the molecule is CC(C)c1ccc(S(=O)(=O)N2C3CCC2CC(S(=O)(=O)c2ccccc2)C3)cc1. The minimum absolute atomic E-state index is 0.257. The van der Waals surface area contributed by atoms with E-state index in [4.69, 9.17) is 0 Å². The molecular weight excluding hydrogens is 406 g/mol. The average molecular weight is 434 g/mol. The van der Waals surface area contributed by atoms with E-state index in [2.05, 4.69) is 13.8 Å². The fraction of sp³-hybridized carbons (Fsp3) is 0.455. The standard InChI is InChI=1S/C22H27NO4S2/c1-16(2)17-8-12-21(13-9-17)29(26,27)23-18-10-11-19(23)15-22(14-18)28(24,25)20-6-4-3-5-7-20/h3-9,12-13,16,18-19,22H,10-11,14-15H2,1-2H3. The van der Waals surface area contributed by atoms with Gasteiger partial charge in [-0.3, -0.25) is 0 Å². The second-order valence-corrected chi connectivity index (χ2v) is 12.5. The first-order valence-electron chi connectivity index (χ1n) is 10.1. The molecule has 2 heterocycles. The van der Waals surface area contributed by atoms with Gasteiger partial charge in [-0.1, -0.05) is 44.2 Å². The Kier molecular flexibility index (Phi) is 5.34. The Bertz CT molecular complexity index is 1060. The maximum absolute atomic E-state index is 13.3. The zero-order valence-electron chi connectivity index (χ0n) is 16.7. The van der Waals surface area contributed by atoms with E-state index in [9.17, 15) is 16.8 Å². The Hall–Kier alpha value is -1.70. The van der Waals surface area contributed by atoms with Crippen LogP contribution in [0.25, 0.3) is 0 Å². The number of nitrogens with zero attached hydrogens (tertiary/aromatic N) is 1. The molecule has 2 aliphatic rings. The van der Waals surface area contributed by atoms with Gasteiger partial charge in [0.05, 0.1) is 15.0 Å². The number of fused-ring (bicyclic) bond motifs is 2. The van der Waals surface area contributed by atoms with E-state index in [-0.39, 0.29) is 12.1 Å². The first kappa shape index (κ1) is 20.6. The van der Waals surface area contributed by atoms with Gasteiger partial charge in [0.1, 0.15) is 0 Å². The molecule has 2 aromatic rings. The van der Waals surface area contributed by atoms with Crippen molar-refractivity contribution in [3.8, 4) is 0 Å². The van der Waals surface area contributed by atoms with Gasteiger partial charge in [0.2, 0.25) is 10.0 Å². The van der Waals surface area contributed by atoms with Crippen molar-refractivity contribution in [2.24, 2.45) is 0 Å². The highest BCUT2D eigenvalue weighted by Gasteiger charge is 2.50. The van der Waals surface area contributed by atoms with Crippen LogP contribution in [0.3, 0.4) is 0 Å². The van der Waals surface area contributed by atoms with E-state index in [0.717, 1.165) is 18.4 Å². The lowest BCUT2D eigenvalue weighted by Crippen LogP contribution is -2.49. The second kappa shape index (κ2) is 7.52. The van der Waals surface area contributed by atoms with Crippen molar-refractivity contribution in [1.82, 2.24) is 4.31 Å². The van der Waals surface area contributed by atoms with Gasteiger partial charge in [0.25, 0.3) is 0 Å². The van der Waals surface area contributed by atoms with Crippen molar-refractivity contribution in [3.05, 3.63) is 60.2 Å². The molecule has 2 atom stereocenters. The van der Waals surface area contributed by atoms with Crippen LogP contribution in [0.15, 0.2) is 64.4 Å². The lowest BCUT2D eigenvalue weighted by Gasteiger charge is -2.37. The molecule has 0 aromatic heterocycles. The first-order chi connectivity index (χ1) is 13.7. The van der Waals surface area contributed by atoms with Crippen LogP contribution in [0.1, 0.15) is 51.0 Å². The molecule has 0 aliphatic carbocycles. The molecule has 5 nitrogen and oxygen atoms in total. The van der Waals surface area contributed by atoms with Gasteiger partial charge < -0.3 is 0 Å². The maximum Gasteiger partial charge on any atom is 0.243 e. The molecule has 156 valence electrons. The van der Waals surface area contributed by atoms with Crippen LogP contribution in [0.5, 0.6) is 0 Å². The maximum atomic E-state index is 13.3. The molecule has 0 saturated carbocycles. The van der Waals surface area contributed by atoms with E-state index in [1.165, 1.54) is 0 Å². The van der Waals surface area contributed by atoms with Gasteiger partial charge in [0, 0.05) is 12.1 Å². The predicted octanol–water partition coefficient (Wildman–Crippen LogP) is 3.97. The van der Waals surface area contributed by atoms with Crippen LogP contribution >= 0.6 is 0 Å². The Morgan fingerprint density at radius 2 is 1.34 bits per heavy atom. The third kappa shape index (κ3) is 3.64. The van der Waals surface area contributed by atoms with Crippen molar-refractivity contribution >= 4 is 19.9 Å². The van der Waals surface area contributed by atoms with Crippen molar-refractivity contribution in [1.29, 1.82) is 0 Å². The van der Waals surface area contributed by atoms with Gasteiger partial charge in [0.15, 0.2) is 9.84 Å². The van der Waals surface area contributed by atoms with Gasteiger partial charge in [-0.25, -0.2) is 16.8 Å². The minimum atomic E-state index is -3.64. The summed E-state index contributed by atoms with van der Waals surface area (Å²) in [5.74, 6) is 0.335. The number of rotatable bonds is 5. The summed E-state index contributed by atoms with van der Waals surface area (Å²) in [5, 5.41) is -0.530. The van der Waals surface area contributed by atoms with E-state index < -0.39 is 25.1 Å². The van der Waals surface area contributed by atoms with Crippen molar-refractivity contribution in [2.45, 2.75) is 72.6 Å². The summed E-state index contributed by atoms with van der Waals surface area (Å²) in [6.07, 6.45) is 2.15. The number of benzene rings is 2. The zero-order chi connectivity index (χ0) is 20.8. The van der Waals surface area contributed by atoms with Crippen LogP contribution < -0.4 is 0 Å².